The van der Waals surface area contributed by atoms with E-state index >= 15 is 0 Å². The lowest BCUT2D eigenvalue weighted by Gasteiger charge is -2.40. The van der Waals surface area contributed by atoms with Crippen LogP contribution in [0.25, 0.3) is 10.9 Å². The van der Waals surface area contributed by atoms with Gasteiger partial charge >= 0.3 is 0 Å². The second-order valence-electron chi connectivity index (χ2n) is 6.98. The van der Waals surface area contributed by atoms with Crippen LogP contribution in [0, 0.1) is 18.2 Å². The summed E-state index contributed by atoms with van der Waals surface area (Å²) in [5.74, 6) is -0.832. The summed E-state index contributed by atoms with van der Waals surface area (Å²) in [6.07, 6.45) is 3.71. The van der Waals surface area contributed by atoms with Crippen LogP contribution >= 0.6 is 0 Å². The van der Waals surface area contributed by atoms with E-state index in [1.165, 1.54) is 18.3 Å². The number of H-pyrrole nitrogens is 1. The van der Waals surface area contributed by atoms with Gasteiger partial charge in [0.05, 0.1) is 5.52 Å². The van der Waals surface area contributed by atoms with Gasteiger partial charge in [-0.1, -0.05) is 6.92 Å². The third-order valence-corrected chi connectivity index (χ3v) is 5.58. The second-order valence-corrected chi connectivity index (χ2v) is 6.98. The summed E-state index contributed by atoms with van der Waals surface area (Å²) >= 11 is 0. The molecule has 0 aliphatic carbocycles. The number of hydrogen-bond donors (Lipinski definition) is 2. The van der Waals surface area contributed by atoms with Crippen LogP contribution in [0.15, 0.2) is 23.1 Å². The Bertz CT molecular complexity index is 861. The van der Waals surface area contributed by atoms with Crippen LogP contribution in [0.3, 0.4) is 0 Å². The van der Waals surface area contributed by atoms with Gasteiger partial charge in [-0.25, -0.2) is 4.39 Å². The number of carbonyl (C=O) groups excluding carboxylic acids is 1. The normalized spacial score (nSPS) is 17.0. The van der Waals surface area contributed by atoms with Crippen molar-refractivity contribution in [2.75, 3.05) is 19.7 Å². The fourth-order valence-electron chi connectivity index (χ4n) is 3.61. The summed E-state index contributed by atoms with van der Waals surface area (Å²) in [5.41, 5.74) is 0.625. The van der Waals surface area contributed by atoms with Gasteiger partial charge in [-0.15, -0.1) is 0 Å². The molecular weight excluding hydrogens is 323 g/mol. The number of pyridine rings is 1. The Kier molecular flexibility index (Phi) is 4.64. The fourth-order valence-corrected chi connectivity index (χ4v) is 3.61. The molecule has 1 saturated heterocycles. The van der Waals surface area contributed by atoms with Crippen LogP contribution in [0.4, 0.5) is 4.39 Å². The van der Waals surface area contributed by atoms with Crippen LogP contribution in [-0.2, 0) is 0 Å². The van der Waals surface area contributed by atoms with Crippen LogP contribution in [0.5, 0.6) is 0 Å². The van der Waals surface area contributed by atoms with Crippen molar-refractivity contribution in [3.63, 3.8) is 0 Å². The van der Waals surface area contributed by atoms with Crippen molar-refractivity contribution >= 4 is 16.8 Å². The molecule has 5 nitrogen and oxygen atoms in total. The number of aryl methyl sites for hydroxylation is 1. The Morgan fingerprint density at radius 3 is 2.64 bits per heavy atom. The van der Waals surface area contributed by atoms with Crippen molar-refractivity contribution in [1.82, 2.24) is 9.88 Å². The zero-order valence-corrected chi connectivity index (χ0v) is 14.6. The van der Waals surface area contributed by atoms with Crippen molar-refractivity contribution in [2.45, 2.75) is 33.1 Å². The fraction of sp³-hybridized carbons (Fsp3) is 0.474. The van der Waals surface area contributed by atoms with Crippen LogP contribution in [0.2, 0.25) is 0 Å². The Hall–Kier alpha value is -2.21. The largest absolute Gasteiger partial charge is 0.396 e. The molecule has 1 aliphatic heterocycles. The predicted octanol–water partition coefficient (Wildman–Crippen LogP) is 2.60. The number of aliphatic hydroxyl groups excluding tert-OH is 1. The SMILES string of the molecule is CCC1(CO)CCN(C(=O)c2c[nH]c3c(C)cc(F)cc3c2=O)CC1. The van der Waals surface area contributed by atoms with Gasteiger partial charge in [0.2, 0.25) is 5.43 Å². The Balaban J connectivity index is 1.91. The molecule has 2 aromatic rings. The van der Waals surface area contributed by atoms with Crippen molar-refractivity contribution in [3.8, 4) is 0 Å². The number of aliphatic hydroxyl groups is 1. The smallest absolute Gasteiger partial charge is 0.259 e. The molecule has 1 fully saturated rings. The summed E-state index contributed by atoms with van der Waals surface area (Å²) < 4.78 is 13.7. The van der Waals surface area contributed by atoms with Gasteiger partial charge in [0.1, 0.15) is 11.4 Å². The first kappa shape index (κ1) is 17.6. The maximum Gasteiger partial charge on any atom is 0.259 e. The molecule has 0 spiro atoms. The molecule has 1 aromatic heterocycles. The Morgan fingerprint density at radius 1 is 1.36 bits per heavy atom. The molecule has 1 amide bonds. The van der Waals surface area contributed by atoms with E-state index in [-0.39, 0.29) is 28.9 Å². The molecule has 25 heavy (non-hydrogen) atoms. The van der Waals surface area contributed by atoms with Gasteiger partial charge in [0.15, 0.2) is 0 Å². The van der Waals surface area contributed by atoms with Gasteiger partial charge in [-0.3, -0.25) is 9.59 Å². The second kappa shape index (κ2) is 6.59. The van der Waals surface area contributed by atoms with E-state index in [9.17, 15) is 19.1 Å². The molecule has 1 aromatic carbocycles. The molecule has 0 saturated carbocycles. The van der Waals surface area contributed by atoms with Crippen LogP contribution < -0.4 is 5.43 Å². The number of hydrogen-bond acceptors (Lipinski definition) is 3. The molecule has 134 valence electrons. The molecule has 6 heteroatoms. The third-order valence-electron chi connectivity index (χ3n) is 5.58. The van der Waals surface area contributed by atoms with Gasteiger partial charge in [0.25, 0.3) is 5.91 Å². The number of halogens is 1. The monoisotopic (exact) mass is 346 g/mol. The first-order valence-corrected chi connectivity index (χ1v) is 8.62. The minimum absolute atomic E-state index is 0.0329. The topological polar surface area (TPSA) is 73.4 Å². The Labute approximate surface area is 145 Å². The van der Waals surface area contributed by atoms with E-state index in [2.05, 4.69) is 4.98 Å². The lowest BCUT2D eigenvalue weighted by molar-refractivity contribution is 0.0337. The van der Waals surface area contributed by atoms with Gasteiger partial charge in [-0.05, 0) is 49.3 Å². The molecule has 0 bridgehead atoms. The molecule has 1 aliphatic rings. The third kappa shape index (κ3) is 3.06. The highest BCUT2D eigenvalue weighted by Gasteiger charge is 2.34. The van der Waals surface area contributed by atoms with Gasteiger partial charge in [0, 0.05) is 31.3 Å². The molecule has 3 rings (SSSR count). The predicted molar refractivity (Wildman–Crippen MR) is 94.2 cm³/mol. The lowest BCUT2D eigenvalue weighted by Crippen LogP contribution is -2.45. The quantitative estimate of drug-likeness (QED) is 0.897. The van der Waals surface area contributed by atoms with E-state index in [1.54, 1.807) is 11.8 Å². The molecule has 0 radical (unpaired) electrons. The molecule has 2 heterocycles. The van der Waals surface area contributed by atoms with Crippen molar-refractivity contribution in [1.29, 1.82) is 0 Å². The van der Waals surface area contributed by atoms with Crippen molar-refractivity contribution in [2.24, 2.45) is 5.41 Å². The van der Waals surface area contributed by atoms with E-state index in [0.717, 1.165) is 6.42 Å². The zero-order valence-electron chi connectivity index (χ0n) is 14.6. The number of nitrogens with zero attached hydrogens (tertiary/aromatic N) is 1. The number of amides is 1. The summed E-state index contributed by atoms with van der Waals surface area (Å²) in [5, 5.41) is 9.80. The van der Waals surface area contributed by atoms with E-state index in [0.29, 0.717) is 37.0 Å². The number of aromatic amines is 1. The zero-order chi connectivity index (χ0) is 18.2. The summed E-state index contributed by atoms with van der Waals surface area (Å²) in [4.78, 5) is 30.1. The number of fused-ring (bicyclic) bond motifs is 1. The standard InChI is InChI=1S/C19H23FN2O3/c1-3-19(11-23)4-6-22(7-5-19)18(25)15-10-21-16-12(2)8-13(20)9-14(16)17(15)24/h8-10,23H,3-7,11H2,1-2H3,(H,21,24). The van der Waals surface area contributed by atoms with Crippen LogP contribution in [0.1, 0.15) is 42.1 Å². The highest BCUT2D eigenvalue weighted by Crippen LogP contribution is 2.34. The first-order chi connectivity index (χ1) is 11.9. The molecular formula is C19H23FN2O3. The highest BCUT2D eigenvalue weighted by atomic mass is 19.1. The molecule has 0 unspecified atom stereocenters. The maximum atomic E-state index is 13.7. The summed E-state index contributed by atoms with van der Waals surface area (Å²) in [7, 11) is 0. The van der Waals surface area contributed by atoms with E-state index in [1.807, 2.05) is 6.92 Å². The highest BCUT2D eigenvalue weighted by molar-refractivity contribution is 5.97. The molecule has 2 N–H and O–H groups in total. The number of aromatic nitrogens is 1. The first-order valence-electron chi connectivity index (χ1n) is 8.62. The average Bonchev–Trinajstić information content (AvgIpc) is 2.62. The lowest BCUT2D eigenvalue weighted by atomic mass is 9.77. The minimum Gasteiger partial charge on any atom is -0.396 e. The van der Waals surface area contributed by atoms with Crippen molar-refractivity contribution in [3.05, 3.63) is 45.5 Å². The number of rotatable bonds is 3. The van der Waals surface area contributed by atoms with E-state index in [4.69, 9.17) is 0 Å². The number of piperidine rings is 1. The summed E-state index contributed by atoms with van der Waals surface area (Å²) in [6.45, 7) is 4.88. The summed E-state index contributed by atoms with van der Waals surface area (Å²) in [6, 6.07) is 2.52. The number of likely N-dealkylation sites (tertiary alicyclic amines) is 1. The van der Waals surface area contributed by atoms with E-state index < -0.39 is 11.2 Å². The minimum atomic E-state index is -0.492. The maximum absolute atomic E-state index is 13.7. The number of nitrogens with one attached hydrogen (secondary N) is 1. The molecule has 0 atom stereocenters. The van der Waals surface area contributed by atoms with Crippen LogP contribution in [-0.4, -0.2) is 40.6 Å². The van der Waals surface area contributed by atoms with Gasteiger partial charge < -0.3 is 15.0 Å². The number of carbonyl (C=O) groups is 1. The average molecular weight is 346 g/mol. The Morgan fingerprint density at radius 2 is 2.04 bits per heavy atom. The van der Waals surface area contributed by atoms with Crippen molar-refractivity contribution < 1.29 is 14.3 Å². The van der Waals surface area contributed by atoms with Gasteiger partial charge in [-0.2, -0.15) is 0 Å². The number of benzene rings is 1.